The summed E-state index contributed by atoms with van der Waals surface area (Å²) < 4.78 is 8.15. The number of rotatable bonds is 7. The third-order valence-corrected chi connectivity index (χ3v) is 7.25. The fourth-order valence-corrected chi connectivity index (χ4v) is 5.21. The van der Waals surface area contributed by atoms with Gasteiger partial charge in [0.25, 0.3) is 0 Å². The highest BCUT2D eigenvalue weighted by molar-refractivity contribution is 6.31. The van der Waals surface area contributed by atoms with Crippen LogP contribution in [0.1, 0.15) is 48.9 Å². The molecule has 1 amide bonds. The van der Waals surface area contributed by atoms with E-state index in [9.17, 15) is 4.79 Å². The Bertz CT molecular complexity index is 1390. The molecule has 186 valence electrons. The molecule has 0 saturated heterocycles. The molecule has 1 fully saturated rings. The summed E-state index contributed by atoms with van der Waals surface area (Å²) in [5, 5.41) is 8.91. The van der Waals surface area contributed by atoms with E-state index in [-0.39, 0.29) is 18.4 Å². The number of nitrogens with one attached hydrogen (secondary N) is 1. The molecule has 0 spiro atoms. The Morgan fingerprint density at radius 1 is 1.19 bits per heavy atom. The molecule has 3 heterocycles. The lowest BCUT2D eigenvalue weighted by Gasteiger charge is -2.21. The van der Waals surface area contributed by atoms with Gasteiger partial charge in [0.15, 0.2) is 0 Å². The second-order valence-electron chi connectivity index (χ2n) is 9.40. The maximum Gasteiger partial charge on any atom is 0.223 e. The number of hydrogen-bond donors (Lipinski definition) is 1. The first-order chi connectivity index (χ1) is 17.5. The van der Waals surface area contributed by atoms with E-state index in [2.05, 4.69) is 21.5 Å². The van der Waals surface area contributed by atoms with Gasteiger partial charge >= 0.3 is 0 Å². The minimum absolute atomic E-state index is 0.101. The highest BCUT2D eigenvalue weighted by Crippen LogP contribution is 2.34. The number of benzene rings is 1. The molecule has 0 unspecified atom stereocenters. The van der Waals surface area contributed by atoms with Crippen LogP contribution in [0.3, 0.4) is 0 Å². The molecule has 1 aliphatic carbocycles. The van der Waals surface area contributed by atoms with E-state index in [0.29, 0.717) is 17.3 Å². The molecule has 5 rings (SSSR count). The summed E-state index contributed by atoms with van der Waals surface area (Å²) >= 11 is 6.53. The Morgan fingerprint density at radius 3 is 2.81 bits per heavy atom. The maximum absolute atomic E-state index is 12.7. The third-order valence-electron chi connectivity index (χ3n) is 6.92. The van der Waals surface area contributed by atoms with Crippen LogP contribution in [-0.2, 0) is 25.0 Å². The largest absolute Gasteiger partial charge is 0.487 e. The van der Waals surface area contributed by atoms with Gasteiger partial charge < -0.3 is 10.1 Å². The zero-order valence-corrected chi connectivity index (χ0v) is 21.4. The lowest BCUT2D eigenvalue weighted by molar-refractivity contribution is -0.126. The average Bonchev–Trinajstić information content (AvgIpc) is 3.32. The number of nitrogens with zero attached hydrogens (tertiary/aromatic N) is 4. The fourth-order valence-electron chi connectivity index (χ4n) is 4.97. The highest BCUT2D eigenvalue weighted by Gasteiger charge is 2.21. The van der Waals surface area contributed by atoms with Crippen LogP contribution in [0.2, 0.25) is 5.02 Å². The number of amides is 1. The Labute approximate surface area is 215 Å². The van der Waals surface area contributed by atoms with Gasteiger partial charge in [-0.25, -0.2) is 4.98 Å². The van der Waals surface area contributed by atoms with E-state index in [1.165, 1.54) is 6.42 Å². The van der Waals surface area contributed by atoms with E-state index >= 15 is 0 Å². The summed E-state index contributed by atoms with van der Waals surface area (Å²) in [6.07, 6.45) is 10.5. The van der Waals surface area contributed by atoms with Gasteiger partial charge in [0.05, 0.1) is 10.7 Å². The van der Waals surface area contributed by atoms with Gasteiger partial charge in [-0.3, -0.25) is 14.5 Å². The number of carbonyl (C=O) groups excluding carboxylic acids is 1. The van der Waals surface area contributed by atoms with Crippen molar-refractivity contribution in [2.45, 2.75) is 52.2 Å². The second kappa shape index (κ2) is 10.7. The zero-order valence-electron chi connectivity index (χ0n) is 20.6. The first-order valence-corrected chi connectivity index (χ1v) is 12.8. The number of halogens is 1. The predicted molar refractivity (Wildman–Crippen MR) is 141 cm³/mol. The monoisotopic (exact) mass is 503 g/mol. The van der Waals surface area contributed by atoms with Crippen molar-refractivity contribution < 1.29 is 9.53 Å². The Hall–Kier alpha value is -3.45. The topological polar surface area (TPSA) is 81.9 Å². The summed E-state index contributed by atoms with van der Waals surface area (Å²) in [5.41, 5.74) is 5.40. The SMILES string of the molecule is Cc1cc(-c2ccnn2C)c2cccc(OCc3c(Cl)cncc3CNC(=O)C3CCCCC3)c2n1. The van der Waals surface area contributed by atoms with Crippen molar-refractivity contribution in [2.75, 3.05) is 0 Å². The molecule has 1 N–H and O–H groups in total. The molecule has 8 heteroatoms. The smallest absolute Gasteiger partial charge is 0.223 e. The maximum atomic E-state index is 12.7. The Kier molecular flexibility index (Phi) is 7.18. The molecule has 1 aliphatic rings. The molecule has 1 saturated carbocycles. The summed E-state index contributed by atoms with van der Waals surface area (Å²) in [4.78, 5) is 21.7. The van der Waals surface area contributed by atoms with Crippen LogP contribution < -0.4 is 10.1 Å². The quantitative estimate of drug-likeness (QED) is 0.346. The van der Waals surface area contributed by atoms with Crippen molar-refractivity contribution in [3.63, 3.8) is 0 Å². The molecule has 1 aromatic carbocycles. The highest BCUT2D eigenvalue weighted by atomic mass is 35.5. The summed E-state index contributed by atoms with van der Waals surface area (Å²) in [6.45, 7) is 2.59. The van der Waals surface area contributed by atoms with Crippen LogP contribution in [0, 0.1) is 12.8 Å². The van der Waals surface area contributed by atoms with Crippen molar-refractivity contribution in [3.05, 3.63) is 70.8 Å². The van der Waals surface area contributed by atoms with Crippen molar-refractivity contribution in [2.24, 2.45) is 13.0 Å². The van der Waals surface area contributed by atoms with Crippen molar-refractivity contribution >= 4 is 28.4 Å². The van der Waals surface area contributed by atoms with Crippen LogP contribution in [-0.4, -0.2) is 25.7 Å². The van der Waals surface area contributed by atoms with Crippen LogP contribution in [0.25, 0.3) is 22.2 Å². The van der Waals surface area contributed by atoms with E-state index in [4.69, 9.17) is 21.3 Å². The predicted octanol–water partition coefficient (Wildman–Crippen LogP) is 5.77. The number of fused-ring (bicyclic) bond motifs is 1. The normalized spacial score (nSPS) is 14.2. The number of hydrogen-bond acceptors (Lipinski definition) is 5. The molecule has 0 aliphatic heterocycles. The molecular formula is C28H30ClN5O2. The van der Waals surface area contributed by atoms with E-state index < -0.39 is 0 Å². The number of pyridine rings is 2. The third kappa shape index (κ3) is 5.07. The van der Waals surface area contributed by atoms with Gasteiger partial charge in [-0.05, 0) is 43.5 Å². The molecule has 0 atom stereocenters. The second-order valence-corrected chi connectivity index (χ2v) is 9.81. The van der Waals surface area contributed by atoms with Crippen molar-refractivity contribution in [3.8, 4) is 17.0 Å². The van der Waals surface area contributed by atoms with Crippen LogP contribution >= 0.6 is 11.6 Å². The number of ether oxygens (including phenoxy) is 1. The molecule has 4 aromatic rings. The lowest BCUT2D eigenvalue weighted by atomic mass is 9.88. The van der Waals surface area contributed by atoms with Gasteiger partial charge in [0, 0.05) is 60.3 Å². The van der Waals surface area contributed by atoms with E-state index in [1.807, 2.05) is 42.9 Å². The van der Waals surface area contributed by atoms with Gasteiger partial charge in [-0.2, -0.15) is 5.10 Å². The van der Waals surface area contributed by atoms with Crippen LogP contribution in [0.5, 0.6) is 5.75 Å². The zero-order chi connectivity index (χ0) is 25.1. The van der Waals surface area contributed by atoms with Gasteiger partial charge in [0.2, 0.25) is 5.91 Å². The first-order valence-electron chi connectivity index (χ1n) is 12.4. The first kappa shape index (κ1) is 24.3. The van der Waals surface area contributed by atoms with Crippen molar-refractivity contribution in [1.82, 2.24) is 25.1 Å². The van der Waals surface area contributed by atoms with Gasteiger partial charge in [-0.15, -0.1) is 0 Å². The number of aromatic nitrogens is 4. The van der Waals surface area contributed by atoms with Crippen molar-refractivity contribution in [1.29, 1.82) is 0 Å². The van der Waals surface area contributed by atoms with Gasteiger partial charge in [0.1, 0.15) is 17.9 Å². The minimum Gasteiger partial charge on any atom is -0.487 e. The molecule has 0 radical (unpaired) electrons. The Balaban J connectivity index is 1.38. The Morgan fingerprint density at radius 2 is 2.03 bits per heavy atom. The summed E-state index contributed by atoms with van der Waals surface area (Å²) in [6, 6.07) is 9.99. The van der Waals surface area contributed by atoms with E-state index in [0.717, 1.165) is 64.7 Å². The summed E-state index contributed by atoms with van der Waals surface area (Å²) in [7, 11) is 1.93. The lowest BCUT2D eigenvalue weighted by Crippen LogP contribution is -2.31. The average molecular weight is 504 g/mol. The number of para-hydroxylation sites is 1. The molecule has 36 heavy (non-hydrogen) atoms. The number of aryl methyl sites for hydroxylation is 2. The van der Waals surface area contributed by atoms with Crippen LogP contribution in [0.4, 0.5) is 0 Å². The fraction of sp³-hybridized carbons (Fsp3) is 0.357. The van der Waals surface area contributed by atoms with Gasteiger partial charge in [-0.1, -0.05) is 43.0 Å². The minimum atomic E-state index is 0.101. The molecular weight excluding hydrogens is 474 g/mol. The standard InChI is InChI=1S/C28H30ClN5O2/c1-18-13-22(25-11-12-32-34(25)2)21-9-6-10-26(27(21)33-18)36-17-23-20(14-30-16-24(23)29)15-31-28(35)19-7-4-3-5-8-19/h6,9-14,16,19H,3-5,7-8,15,17H2,1-2H3,(H,31,35). The number of carbonyl (C=O) groups is 1. The molecule has 0 bridgehead atoms. The molecule has 3 aromatic heterocycles. The van der Waals surface area contributed by atoms with Crippen LogP contribution in [0.15, 0.2) is 48.9 Å². The molecule has 7 nitrogen and oxygen atoms in total. The summed E-state index contributed by atoms with van der Waals surface area (Å²) in [5.74, 6) is 0.881. The van der Waals surface area contributed by atoms with E-state index in [1.54, 1.807) is 18.6 Å².